The highest BCUT2D eigenvalue weighted by molar-refractivity contribution is 6.17. The van der Waals surface area contributed by atoms with Crippen molar-refractivity contribution >= 4 is 28.2 Å². The number of rotatable bonds is 6. The first-order valence-electron chi connectivity index (χ1n) is 6.92. The standard InChI is InChI=1S/C16H22ClN3/c1-19(2)9-6-10-20(3)16-15-8-5-4-7-13(15)11-14(12-17)18-16/h4-5,7-8,11H,6,9-10,12H2,1-3H3. The van der Waals surface area contributed by atoms with Crippen molar-refractivity contribution in [2.45, 2.75) is 12.3 Å². The Bertz CT molecular complexity index is 569. The summed E-state index contributed by atoms with van der Waals surface area (Å²) in [6, 6.07) is 10.4. The van der Waals surface area contributed by atoms with Gasteiger partial charge in [0.1, 0.15) is 5.82 Å². The zero-order valence-corrected chi connectivity index (χ0v) is 13.2. The van der Waals surface area contributed by atoms with Crippen LogP contribution in [0.5, 0.6) is 0 Å². The molecule has 3 nitrogen and oxygen atoms in total. The number of anilines is 1. The molecule has 4 heteroatoms. The molecule has 1 heterocycles. The summed E-state index contributed by atoms with van der Waals surface area (Å²) in [6.45, 7) is 2.07. The van der Waals surface area contributed by atoms with Gasteiger partial charge in [0.2, 0.25) is 0 Å². The van der Waals surface area contributed by atoms with Gasteiger partial charge in [0.15, 0.2) is 0 Å². The van der Waals surface area contributed by atoms with E-state index >= 15 is 0 Å². The molecule has 0 aliphatic rings. The van der Waals surface area contributed by atoms with Crippen LogP contribution in [-0.2, 0) is 5.88 Å². The quantitative estimate of drug-likeness (QED) is 0.761. The normalized spacial score (nSPS) is 11.2. The summed E-state index contributed by atoms with van der Waals surface area (Å²) in [5, 5.41) is 2.39. The SMILES string of the molecule is CN(C)CCCN(C)c1nc(CCl)cc2ccccc12. The highest BCUT2D eigenvalue weighted by Gasteiger charge is 2.09. The van der Waals surface area contributed by atoms with Crippen molar-refractivity contribution in [1.82, 2.24) is 9.88 Å². The average molecular weight is 292 g/mol. The summed E-state index contributed by atoms with van der Waals surface area (Å²) < 4.78 is 0. The molecule has 108 valence electrons. The van der Waals surface area contributed by atoms with Crippen LogP contribution < -0.4 is 4.90 Å². The van der Waals surface area contributed by atoms with E-state index in [1.807, 2.05) is 0 Å². The number of alkyl halides is 1. The van der Waals surface area contributed by atoms with Gasteiger partial charge >= 0.3 is 0 Å². The zero-order chi connectivity index (χ0) is 14.5. The van der Waals surface area contributed by atoms with Crippen molar-refractivity contribution in [1.29, 1.82) is 0 Å². The fourth-order valence-corrected chi connectivity index (χ4v) is 2.46. The fraction of sp³-hybridized carbons (Fsp3) is 0.438. The smallest absolute Gasteiger partial charge is 0.136 e. The zero-order valence-electron chi connectivity index (χ0n) is 12.4. The molecule has 2 rings (SSSR count). The van der Waals surface area contributed by atoms with E-state index in [-0.39, 0.29) is 0 Å². The topological polar surface area (TPSA) is 19.4 Å². The largest absolute Gasteiger partial charge is 0.359 e. The Labute approximate surface area is 126 Å². The second-order valence-corrected chi connectivity index (χ2v) is 5.64. The maximum atomic E-state index is 5.96. The number of benzene rings is 1. The van der Waals surface area contributed by atoms with Gasteiger partial charge in [-0.1, -0.05) is 24.3 Å². The van der Waals surface area contributed by atoms with Crippen molar-refractivity contribution in [2.75, 3.05) is 39.1 Å². The lowest BCUT2D eigenvalue weighted by molar-refractivity contribution is 0.401. The average Bonchev–Trinajstić information content (AvgIpc) is 2.45. The lowest BCUT2D eigenvalue weighted by Crippen LogP contribution is -2.24. The lowest BCUT2D eigenvalue weighted by Gasteiger charge is -2.21. The Morgan fingerprint density at radius 2 is 1.85 bits per heavy atom. The van der Waals surface area contributed by atoms with Gasteiger partial charge in [0.25, 0.3) is 0 Å². The van der Waals surface area contributed by atoms with E-state index in [0.29, 0.717) is 5.88 Å². The maximum absolute atomic E-state index is 5.96. The van der Waals surface area contributed by atoms with Crippen LogP contribution in [0.2, 0.25) is 0 Å². The molecular weight excluding hydrogens is 270 g/mol. The van der Waals surface area contributed by atoms with Gasteiger partial charge < -0.3 is 9.80 Å². The van der Waals surface area contributed by atoms with Crippen LogP contribution >= 0.6 is 11.6 Å². The molecule has 1 aromatic heterocycles. The third-order valence-corrected chi connectivity index (χ3v) is 3.64. The predicted octanol–water partition coefficient (Wildman–Crippen LogP) is 3.36. The summed E-state index contributed by atoms with van der Waals surface area (Å²) >= 11 is 5.96. The summed E-state index contributed by atoms with van der Waals surface area (Å²) in [4.78, 5) is 9.12. The molecule has 0 amide bonds. The van der Waals surface area contributed by atoms with Crippen molar-refractivity contribution < 1.29 is 0 Å². The van der Waals surface area contributed by atoms with Crippen molar-refractivity contribution in [3.63, 3.8) is 0 Å². The molecule has 2 aromatic rings. The molecule has 0 saturated heterocycles. The van der Waals surface area contributed by atoms with Crippen LogP contribution in [0.15, 0.2) is 30.3 Å². The third kappa shape index (κ3) is 3.62. The number of halogens is 1. The van der Waals surface area contributed by atoms with Crippen LogP contribution in [0.4, 0.5) is 5.82 Å². The Kier molecular flexibility index (Phi) is 5.21. The van der Waals surface area contributed by atoms with Crippen molar-refractivity contribution in [2.24, 2.45) is 0 Å². The van der Waals surface area contributed by atoms with Gasteiger partial charge in [-0.15, -0.1) is 11.6 Å². The van der Waals surface area contributed by atoms with Crippen LogP contribution in [-0.4, -0.2) is 44.1 Å². The maximum Gasteiger partial charge on any atom is 0.136 e. The van der Waals surface area contributed by atoms with E-state index in [9.17, 15) is 0 Å². The first-order valence-corrected chi connectivity index (χ1v) is 7.45. The minimum absolute atomic E-state index is 0.448. The predicted molar refractivity (Wildman–Crippen MR) is 87.7 cm³/mol. The highest BCUT2D eigenvalue weighted by atomic mass is 35.5. The fourth-order valence-electron chi connectivity index (χ4n) is 2.32. The second kappa shape index (κ2) is 6.91. The highest BCUT2D eigenvalue weighted by Crippen LogP contribution is 2.25. The van der Waals surface area contributed by atoms with Gasteiger partial charge in [0.05, 0.1) is 11.6 Å². The molecule has 0 radical (unpaired) electrons. The first kappa shape index (κ1) is 15.1. The molecule has 1 aromatic carbocycles. The number of nitrogens with zero attached hydrogens (tertiary/aromatic N) is 3. The van der Waals surface area contributed by atoms with Gasteiger partial charge in [-0.3, -0.25) is 0 Å². The van der Waals surface area contributed by atoms with Crippen LogP contribution in [0, 0.1) is 0 Å². The van der Waals surface area contributed by atoms with E-state index in [2.05, 4.69) is 61.3 Å². The molecule has 0 fully saturated rings. The number of hydrogen-bond donors (Lipinski definition) is 0. The summed E-state index contributed by atoms with van der Waals surface area (Å²) in [6.07, 6.45) is 1.12. The Balaban J connectivity index is 2.27. The molecule has 0 bridgehead atoms. The Morgan fingerprint density at radius 3 is 2.55 bits per heavy atom. The van der Waals surface area contributed by atoms with Crippen molar-refractivity contribution in [3.05, 3.63) is 36.0 Å². The second-order valence-electron chi connectivity index (χ2n) is 5.37. The van der Waals surface area contributed by atoms with Gasteiger partial charge in [-0.25, -0.2) is 4.98 Å². The number of fused-ring (bicyclic) bond motifs is 1. The van der Waals surface area contributed by atoms with Crippen LogP contribution in [0.3, 0.4) is 0 Å². The molecule has 0 atom stereocenters. The molecule has 0 saturated carbocycles. The summed E-state index contributed by atoms with van der Waals surface area (Å²) in [7, 11) is 6.30. The van der Waals surface area contributed by atoms with Gasteiger partial charge in [-0.2, -0.15) is 0 Å². The van der Waals surface area contributed by atoms with Gasteiger partial charge in [-0.05, 0) is 38.5 Å². The lowest BCUT2D eigenvalue weighted by atomic mass is 10.1. The van der Waals surface area contributed by atoms with E-state index in [4.69, 9.17) is 16.6 Å². The number of pyridine rings is 1. The van der Waals surface area contributed by atoms with Crippen molar-refractivity contribution in [3.8, 4) is 0 Å². The first-order chi connectivity index (χ1) is 9.61. The minimum Gasteiger partial charge on any atom is -0.359 e. The van der Waals surface area contributed by atoms with Crippen LogP contribution in [0.25, 0.3) is 10.8 Å². The molecule has 20 heavy (non-hydrogen) atoms. The molecule has 0 unspecified atom stereocenters. The Morgan fingerprint density at radius 1 is 1.10 bits per heavy atom. The van der Waals surface area contributed by atoms with E-state index < -0.39 is 0 Å². The van der Waals surface area contributed by atoms with Gasteiger partial charge in [0, 0.05) is 19.0 Å². The minimum atomic E-state index is 0.448. The number of aromatic nitrogens is 1. The molecule has 0 aliphatic carbocycles. The number of hydrogen-bond acceptors (Lipinski definition) is 3. The molecule has 0 aliphatic heterocycles. The summed E-state index contributed by atoms with van der Waals surface area (Å²) in [5.41, 5.74) is 0.930. The molecule has 0 N–H and O–H groups in total. The third-order valence-electron chi connectivity index (χ3n) is 3.37. The summed E-state index contributed by atoms with van der Waals surface area (Å²) in [5.74, 6) is 1.47. The molecule has 0 spiro atoms. The van der Waals surface area contributed by atoms with E-state index in [1.165, 1.54) is 10.8 Å². The Hall–Kier alpha value is -1.32. The monoisotopic (exact) mass is 291 g/mol. The molecular formula is C16H22ClN3. The van der Waals surface area contributed by atoms with E-state index in [1.54, 1.807) is 0 Å². The van der Waals surface area contributed by atoms with Crippen LogP contribution in [0.1, 0.15) is 12.1 Å². The van der Waals surface area contributed by atoms with E-state index in [0.717, 1.165) is 31.0 Å².